The lowest BCUT2D eigenvalue weighted by atomic mass is 9.79. The van der Waals surface area contributed by atoms with Gasteiger partial charge in [-0.15, -0.1) is 0 Å². The van der Waals surface area contributed by atoms with Crippen LogP contribution in [-0.2, 0) is 16.0 Å². The highest BCUT2D eigenvalue weighted by molar-refractivity contribution is 6.01. The fourth-order valence-corrected chi connectivity index (χ4v) is 5.79. The lowest BCUT2D eigenvalue weighted by Gasteiger charge is -2.40. The Bertz CT molecular complexity index is 773. The molecule has 0 aromatic heterocycles. The van der Waals surface area contributed by atoms with Crippen molar-refractivity contribution in [2.24, 2.45) is 11.3 Å². The summed E-state index contributed by atoms with van der Waals surface area (Å²) in [6, 6.07) is 8.33. The number of para-hydroxylation sites is 1. The second-order valence-corrected chi connectivity index (χ2v) is 8.77. The lowest BCUT2D eigenvalue weighted by Crippen LogP contribution is -2.54. The van der Waals surface area contributed by atoms with Crippen LogP contribution < -0.4 is 10.2 Å². The van der Waals surface area contributed by atoms with Crippen molar-refractivity contribution in [3.63, 3.8) is 0 Å². The molecule has 4 heterocycles. The fraction of sp³-hybridized carbons (Fsp3) is 0.619. The summed E-state index contributed by atoms with van der Waals surface area (Å²) in [4.78, 5) is 32.4. The van der Waals surface area contributed by atoms with Crippen LogP contribution in [0.1, 0.15) is 18.4 Å². The van der Waals surface area contributed by atoms with E-state index in [1.165, 1.54) is 0 Å². The number of piperidine rings is 1. The van der Waals surface area contributed by atoms with Crippen LogP contribution in [-0.4, -0.2) is 74.0 Å². The summed E-state index contributed by atoms with van der Waals surface area (Å²) in [6.45, 7) is 5.14. The molecular weight excluding hydrogens is 340 g/mol. The quantitative estimate of drug-likeness (QED) is 0.836. The van der Waals surface area contributed by atoms with Crippen LogP contribution in [0.15, 0.2) is 24.3 Å². The molecule has 0 aliphatic carbocycles. The molecule has 0 bridgehead atoms. The first-order valence-corrected chi connectivity index (χ1v) is 10.2. The Labute approximate surface area is 160 Å². The number of hydrogen-bond donors (Lipinski definition) is 1. The first-order valence-electron chi connectivity index (χ1n) is 10.2. The molecule has 1 aromatic carbocycles. The Morgan fingerprint density at radius 3 is 2.81 bits per heavy atom. The molecule has 1 N–H and O–H groups in total. The predicted octanol–water partition coefficient (Wildman–Crippen LogP) is 0.718. The summed E-state index contributed by atoms with van der Waals surface area (Å²) in [5.41, 5.74) is 1.97. The molecule has 6 heteroatoms. The number of carbonyl (C=O) groups excluding carboxylic acids is 2. The third kappa shape index (κ3) is 2.61. The van der Waals surface area contributed by atoms with E-state index in [2.05, 4.69) is 34.3 Å². The lowest BCUT2D eigenvalue weighted by molar-refractivity contribution is -0.143. The number of anilines is 1. The summed E-state index contributed by atoms with van der Waals surface area (Å²) in [6.07, 6.45) is 2.25. The number of rotatable bonds is 2. The van der Waals surface area contributed by atoms with Crippen LogP contribution in [0.5, 0.6) is 0 Å². The van der Waals surface area contributed by atoms with E-state index in [-0.39, 0.29) is 17.4 Å². The van der Waals surface area contributed by atoms with E-state index in [9.17, 15) is 9.59 Å². The zero-order valence-electron chi connectivity index (χ0n) is 16.0. The largest absolute Gasteiger partial charge is 0.342 e. The van der Waals surface area contributed by atoms with Gasteiger partial charge in [0.2, 0.25) is 11.8 Å². The maximum atomic E-state index is 13.4. The van der Waals surface area contributed by atoms with E-state index in [0.29, 0.717) is 18.2 Å². The number of likely N-dealkylation sites (tertiary alicyclic amines) is 2. The van der Waals surface area contributed by atoms with Crippen molar-refractivity contribution in [2.75, 3.05) is 51.2 Å². The molecule has 2 atom stereocenters. The summed E-state index contributed by atoms with van der Waals surface area (Å²) >= 11 is 0. The molecule has 4 aliphatic rings. The van der Waals surface area contributed by atoms with Gasteiger partial charge in [0.1, 0.15) is 0 Å². The zero-order chi connectivity index (χ0) is 18.6. The number of hydrogen-bond acceptors (Lipinski definition) is 4. The Balaban J connectivity index is 1.28. The number of carbonyl (C=O) groups is 2. The highest BCUT2D eigenvalue weighted by atomic mass is 16.2. The van der Waals surface area contributed by atoms with Crippen molar-refractivity contribution in [3.8, 4) is 0 Å². The van der Waals surface area contributed by atoms with Crippen LogP contribution in [0, 0.1) is 11.3 Å². The maximum Gasteiger partial charge on any atom is 0.231 e. The van der Waals surface area contributed by atoms with E-state index in [0.717, 1.165) is 63.4 Å². The molecule has 3 fully saturated rings. The monoisotopic (exact) mass is 368 g/mol. The number of fused-ring (bicyclic) bond motifs is 2. The third-order valence-electron chi connectivity index (χ3n) is 7.10. The van der Waals surface area contributed by atoms with Gasteiger partial charge in [-0.3, -0.25) is 9.59 Å². The van der Waals surface area contributed by atoms with Crippen molar-refractivity contribution < 1.29 is 9.59 Å². The van der Waals surface area contributed by atoms with Crippen molar-refractivity contribution >= 4 is 17.5 Å². The zero-order valence-corrected chi connectivity index (χ0v) is 16.0. The predicted molar refractivity (Wildman–Crippen MR) is 104 cm³/mol. The molecule has 144 valence electrons. The molecule has 2 amide bonds. The van der Waals surface area contributed by atoms with Gasteiger partial charge in [0.25, 0.3) is 0 Å². The molecular formula is C21H28N4O2. The van der Waals surface area contributed by atoms with Crippen molar-refractivity contribution in [1.29, 1.82) is 0 Å². The molecule has 0 radical (unpaired) electrons. The smallest absolute Gasteiger partial charge is 0.231 e. The number of nitrogens with zero attached hydrogens (tertiary/aromatic N) is 3. The summed E-state index contributed by atoms with van der Waals surface area (Å²) in [7, 11) is 2.12. The van der Waals surface area contributed by atoms with Crippen LogP contribution in [0.25, 0.3) is 0 Å². The average molecular weight is 368 g/mol. The first-order chi connectivity index (χ1) is 13.1. The van der Waals surface area contributed by atoms with Gasteiger partial charge in [0.05, 0.1) is 11.8 Å². The Morgan fingerprint density at radius 2 is 2.00 bits per heavy atom. The van der Waals surface area contributed by atoms with E-state index < -0.39 is 0 Å². The van der Waals surface area contributed by atoms with Crippen LogP contribution in [0.4, 0.5) is 5.69 Å². The third-order valence-corrected chi connectivity index (χ3v) is 7.10. The normalized spacial score (nSPS) is 31.4. The highest BCUT2D eigenvalue weighted by Gasteiger charge is 2.55. The number of nitrogens with one attached hydrogen (secondary N) is 1. The standard InChI is InChI=1S/C21H28N4O2/c1-23-12-16-11-22-13-21(16,14-23)20(27)24-8-6-17(7-9-24)25-18-5-3-2-4-15(18)10-19(25)26/h2-5,16-17,22H,6-14H2,1H3/t16-,21-/m1/s1. The summed E-state index contributed by atoms with van der Waals surface area (Å²) < 4.78 is 0. The SMILES string of the molecule is CN1C[C@H]2CNC[C@@]2(C(=O)N2CCC(N3C(=O)Cc4ccccc43)CC2)C1. The van der Waals surface area contributed by atoms with Crippen LogP contribution in [0.3, 0.4) is 0 Å². The van der Waals surface area contributed by atoms with Gasteiger partial charge >= 0.3 is 0 Å². The van der Waals surface area contributed by atoms with Gasteiger partial charge < -0.3 is 20.0 Å². The first kappa shape index (κ1) is 17.2. The number of amides is 2. The van der Waals surface area contributed by atoms with E-state index >= 15 is 0 Å². The van der Waals surface area contributed by atoms with Gasteiger partial charge in [-0.2, -0.15) is 0 Å². The Morgan fingerprint density at radius 1 is 1.22 bits per heavy atom. The maximum absolute atomic E-state index is 13.4. The van der Waals surface area contributed by atoms with Gasteiger partial charge in [0.15, 0.2) is 0 Å². The fourth-order valence-electron chi connectivity index (χ4n) is 5.79. The van der Waals surface area contributed by atoms with E-state index in [1.54, 1.807) is 0 Å². The van der Waals surface area contributed by atoms with Crippen LogP contribution >= 0.6 is 0 Å². The number of benzene rings is 1. The molecule has 3 saturated heterocycles. The molecule has 0 saturated carbocycles. The Hall–Kier alpha value is -1.92. The topological polar surface area (TPSA) is 55.9 Å². The molecule has 1 aromatic rings. The molecule has 6 nitrogen and oxygen atoms in total. The van der Waals surface area contributed by atoms with Gasteiger partial charge in [-0.25, -0.2) is 0 Å². The average Bonchev–Trinajstić information content (AvgIpc) is 3.30. The summed E-state index contributed by atoms with van der Waals surface area (Å²) in [5.74, 6) is 0.963. The van der Waals surface area contributed by atoms with Crippen molar-refractivity contribution in [3.05, 3.63) is 29.8 Å². The highest BCUT2D eigenvalue weighted by Crippen LogP contribution is 2.41. The minimum absolute atomic E-state index is 0.206. The second-order valence-electron chi connectivity index (χ2n) is 8.77. The van der Waals surface area contributed by atoms with Crippen molar-refractivity contribution in [2.45, 2.75) is 25.3 Å². The Kier molecular flexibility index (Phi) is 4.02. The summed E-state index contributed by atoms with van der Waals surface area (Å²) in [5, 5.41) is 3.45. The molecule has 5 rings (SSSR count). The molecule has 0 spiro atoms. The van der Waals surface area contributed by atoms with Crippen molar-refractivity contribution in [1.82, 2.24) is 15.1 Å². The van der Waals surface area contributed by atoms with Gasteiger partial charge in [-0.1, -0.05) is 18.2 Å². The molecule has 0 unspecified atom stereocenters. The minimum Gasteiger partial charge on any atom is -0.342 e. The second kappa shape index (κ2) is 6.31. The van der Waals surface area contributed by atoms with E-state index in [4.69, 9.17) is 0 Å². The van der Waals surface area contributed by atoms with Gasteiger partial charge in [-0.05, 0) is 31.5 Å². The molecule has 4 aliphatic heterocycles. The van der Waals surface area contributed by atoms with Gasteiger partial charge in [0, 0.05) is 56.9 Å². The van der Waals surface area contributed by atoms with Crippen LogP contribution in [0.2, 0.25) is 0 Å². The van der Waals surface area contributed by atoms with E-state index in [1.807, 2.05) is 17.0 Å². The minimum atomic E-state index is -0.238. The molecule has 27 heavy (non-hydrogen) atoms.